The number of aliphatic hydroxyl groups is 1. The molecule has 0 amide bonds. The molecule has 4 saturated carbocycles. The molecule has 5 heteroatoms. The Balaban J connectivity index is 0.000000438. The maximum Gasteiger partial charge on any atom is 2.00 e. The Morgan fingerprint density at radius 2 is 1.71 bits per heavy atom. The molecule has 6 rings (SSSR count). The molecule has 0 bridgehead atoms. The van der Waals surface area contributed by atoms with Crippen LogP contribution in [0.2, 0.25) is 0 Å². The normalized spacial score (nSPS) is 35.5. The monoisotopic (exact) mass is 535 g/mol. The Kier molecular flexibility index (Phi) is 10.9. The summed E-state index contributed by atoms with van der Waals surface area (Å²) in [6.45, 7) is 3.35. The third-order valence-corrected chi connectivity index (χ3v) is 8.92. The Hall–Kier alpha value is -0.251. The van der Waals surface area contributed by atoms with Crippen molar-refractivity contribution in [3.8, 4) is 5.75 Å². The summed E-state index contributed by atoms with van der Waals surface area (Å²) in [5, 5.41) is 13.7. The van der Waals surface area contributed by atoms with E-state index in [1.807, 2.05) is 32.1 Å². The minimum atomic E-state index is -0.189. The Morgan fingerprint density at radius 1 is 1.03 bits per heavy atom. The molecule has 0 spiro atoms. The first-order valence-electron chi connectivity index (χ1n) is 12.7. The third-order valence-electron chi connectivity index (χ3n) is 8.92. The molecule has 0 aliphatic heterocycles. The number of hydrogen-bond acceptors (Lipinski definition) is 2. The number of rotatable bonds is 4. The summed E-state index contributed by atoms with van der Waals surface area (Å²) in [6.07, 6.45) is 24.3. The second-order valence-electron chi connectivity index (χ2n) is 10.6. The minimum Gasteiger partial charge on any atom is -1.00 e. The zero-order chi connectivity index (χ0) is 22.8. The fraction of sp³-hybridized carbons (Fsp3) is 0.467. The molecular weight excluding hydrogens is 498 g/mol. The summed E-state index contributed by atoms with van der Waals surface area (Å²) < 4.78 is 5.45. The standard InChI is InChI=1S/C25H32NO2.C5H5.ClH.Fe/c1-25-12-11-20-19-10-8-18(28-2)13-17(19)7-9-21(20)22(25)14-23(24(25)27)26-15-16-5-3-4-6-16;1-2-4-5-3-1;;/h3-6,8,10,13,20-24,26-27H,7,9,11-12,14-15H2,1-2H3;1-5H;1H;/q;;;+2/t20-,21-,22+,23-,24+,25+;;;/m1.../s1. The van der Waals surface area contributed by atoms with E-state index in [4.69, 9.17) is 4.74 Å². The quantitative estimate of drug-likeness (QED) is 0.563. The van der Waals surface area contributed by atoms with E-state index in [-0.39, 0.29) is 41.0 Å². The molecule has 4 fully saturated rings. The van der Waals surface area contributed by atoms with Crippen molar-refractivity contribution in [3.05, 3.63) is 93.0 Å². The number of ether oxygens (including phenoxy) is 1. The SMILES string of the molecule is COc1ccc2c(c1)CC[C@@H]1[C@@H]2CC[C@]2(C)[C@@H](O)[C@H]([NH2+]C[C]3[CH][CH][CH][CH]3)C[C@@H]12.[CH]1[CH][CH][CH][CH]1.[Cl-].[Fe+2]. The van der Waals surface area contributed by atoms with Crippen molar-refractivity contribution in [2.75, 3.05) is 13.7 Å². The van der Waals surface area contributed by atoms with Crippen LogP contribution in [-0.2, 0) is 23.5 Å². The number of aryl methyl sites for hydroxylation is 1. The summed E-state index contributed by atoms with van der Waals surface area (Å²) >= 11 is 0. The molecule has 1 aromatic carbocycles. The molecule has 0 unspecified atom stereocenters. The van der Waals surface area contributed by atoms with E-state index in [0.717, 1.165) is 31.6 Å². The van der Waals surface area contributed by atoms with Gasteiger partial charge in [-0.1, -0.05) is 13.0 Å². The molecule has 188 valence electrons. The molecule has 6 atom stereocenters. The summed E-state index contributed by atoms with van der Waals surface area (Å²) in [5.74, 6) is 4.36. The number of halogens is 1. The van der Waals surface area contributed by atoms with Crippen molar-refractivity contribution in [1.29, 1.82) is 0 Å². The van der Waals surface area contributed by atoms with Crippen molar-refractivity contribution in [2.45, 2.75) is 57.1 Å². The molecule has 1 aromatic rings. The van der Waals surface area contributed by atoms with Gasteiger partial charge in [0.25, 0.3) is 0 Å². The first-order valence-corrected chi connectivity index (χ1v) is 12.7. The van der Waals surface area contributed by atoms with Gasteiger partial charge in [0.1, 0.15) is 17.9 Å². The molecule has 3 nitrogen and oxygen atoms in total. The van der Waals surface area contributed by atoms with Crippen molar-refractivity contribution in [3.63, 3.8) is 0 Å². The van der Waals surface area contributed by atoms with Gasteiger partial charge in [0.2, 0.25) is 0 Å². The zero-order valence-corrected chi connectivity index (χ0v) is 22.6. The molecule has 0 saturated heterocycles. The van der Waals surface area contributed by atoms with Gasteiger partial charge in [-0.2, -0.15) is 0 Å². The number of aliphatic hydroxyl groups excluding tert-OH is 1. The number of quaternary nitrogens is 1. The number of methoxy groups -OCH3 is 1. The molecule has 35 heavy (non-hydrogen) atoms. The average molecular weight is 536 g/mol. The molecule has 3 N–H and O–H groups in total. The smallest absolute Gasteiger partial charge is 1.00 e. The average Bonchev–Trinajstić information content (AvgIpc) is 3.62. The second kappa shape index (κ2) is 13.0. The van der Waals surface area contributed by atoms with Gasteiger partial charge < -0.3 is 27.6 Å². The van der Waals surface area contributed by atoms with Crippen molar-refractivity contribution in [2.24, 2.45) is 17.3 Å². The number of hydrogen-bond donors (Lipinski definition) is 2. The van der Waals surface area contributed by atoms with E-state index >= 15 is 0 Å². The zero-order valence-electron chi connectivity index (χ0n) is 20.7. The maximum absolute atomic E-state index is 11.3. The summed E-state index contributed by atoms with van der Waals surface area (Å²) in [7, 11) is 1.76. The molecule has 0 heterocycles. The summed E-state index contributed by atoms with van der Waals surface area (Å²) in [6, 6.07) is 7.03. The van der Waals surface area contributed by atoms with Crippen LogP contribution in [0.25, 0.3) is 0 Å². The minimum absolute atomic E-state index is 0. The van der Waals surface area contributed by atoms with Crippen LogP contribution in [0.5, 0.6) is 5.75 Å². The Labute approximate surface area is 230 Å². The largest absolute Gasteiger partial charge is 2.00 e. The van der Waals surface area contributed by atoms with Crippen LogP contribution >= 0.6 is 0 Å². The van der Waals surface area contributed by atoms with Gasteiger partial charge in [-0.25, -0.2) is 0 Å². The molecule has 5 aliphatic carbocycles. The van der Waals surface area contributed by atoms with E-state index in [9.17, 15) is 5.11 Å². The van der Waals surface area contributed by atoms with E-state index in [1.54, 1.807) is 12.7 Å². The fourth-order valence-corrected chi connectivity index (χ4v) is 7.14. The predicted molar refractivity (Wildman–Crippen MR) is 132 cm³/mol. The van der Waals surface area contributed by atoms with E-state index in [1.165, 1.54) is 24.3 Å². The van der Waals surface area contributed by atoms with Crippen molar-refractivity contribution < 1.29 is 44.6 Å². The number of fused-ring (bicyclic) bond motifs is 5. The predicted octanol–water partition coefficient (Wildman–Crippen LogP) is 0.882. The van der Waals surface area contributed by atoms with Gasteiger partial charge in [0, 0.05) is 17.8 Å². The van der Waals surface area contributed by atoms with Crippen LogP contribution in [0.1, 0.15) is 49.7 Å². The topological polar surface area (TPSA) is 46.1 Å². The van der Waals surface area contributed by atoms with E-state index in [0.29, 0.717) is 23.8 Å². The van der Waals surface area contributed by atoms with Crippen LogP contribution in [0.15, 0.2) is 18.2 Å². The molecular formula is C30H38ClFeNO2+2. The first-order chi connectivity index (χ1) is 16.1. The van der Waals surface area contributed by atoms with Gasteiger partial charge in [0.15, 0.2) is 0 Å². The van der Waals surface area contributed by atoms with Crippen molar-refractivity contribution >= 4 is 0 Å². The van der Waals surface area contributed by atoms with Crippen LogP contribution < -0.4 is 22.5 Å². The molecule has 5 aliphatic rings. The fourth-order valence-electron chi connectivity index (χ4n) is 7.14. The maximum atomic E-state index is 11.3. The summed E-state index contributed by atoms with van der Waals surface area (Å²) in [4.78, 5) is 0. The van der Waals surface area contributed by atoms with Gasteiger partial charge in [-0.3, -0.25) is 0 Å². The van der Waals surface area contributed by atoms with Gasteiger partial charge in [0.05, 0.1) is 13.7 Å². The van der Waals surface area contributed by atoms with Crippen molar-refractivity contribution in [1.82, 2.24) is 0 Å². The van der Waals surface area contributed by atoms with E-state index in [2.05, 4.69) is 56.1 Å². The Morgan fingerprint density at radius 3 is 2.37 bits per heavy atom. The van der Waals surface area contributed by atoms with Gasteiger partial charge >= 0.3 is 17.1 Å². The second-order valence-corrected chi connectivity index (χ2v) is 10.6. The first kappa shape index (κ1) is 29.3. The van der Waals surface area contributed by atoms with Gasteiger partial charge in [-0.05, 0) is 124 Å². The number of nitrogens with two attached hydrogens (primary N) is 1. The van der Waals surface area contributed by atoms with Gasteiger partial charge in [-0.15, -0.1) is 0 Å². The van der Waals surface area contributed by atoms with Crippen LogP contribution in [0, 0.1) is 81.0 Å². The van der Waals surface area contributed by atoms with E-state index < -0.39 is 0 Å². The molecule has 0 aromatic heterocycles. The Bertz CT molecular complexity index is 789. The van der Waals surface area contributed by atoms with Crippen LogP contribution in [0.4, 0.5) is 0 Å². The molecule has 10 radical (unpaired) electrons. The number of benzene rings is 1. The third kappa shape index (κ3) is 6.09. The summed E-state index contributed by atoms with van der Waals surface area (Å²) in [5.41, 5.74) is 3.12. The van der Waals surface area contributed by atoms with Crippen LogP contribution in [-0.4, -0.2) is 30.9 Å². The van der Waals surface area contributed by atoms with Crippen LogP contribution in [0.3, 0.4) is 0 Å².